The van der Waals surface area contributed by atoms with Gasteiger partial charge in [-0.3, -0.25) is 4.79 Å². The van der Waals surface area contributed by atoms with E-state index < -0.39 is 17.8 Å². The zero-order valence-electron chi connectivity index (χ0n) is 9.24. The van der Waals surface area contributed by atoms with Crippen LogP contribution >= 0.6 is 0 Å². The SMILES string of the molecule is CC(Oc1ccc(C(C)N)c(F)c1)C(N)=O. The number of amides is 1. The molecule has 0 saturated heterocycles. The van der Waals surface area contributed by atoms with E-state index in [-0.39, 0.29) is 11.8 Å². The highest BCUT2D eigenvalue weighted by atomic mass is 19.1. The van der Waals surface area contributed by atoms with Gasteiger partial charge in [-0.25, -0.2) is 4.39 Å². The van der Waals surface area contributed by atoms with Crippen LogP contribution in [0.2, 0.25) is 0 Å². The first-order valence-electron chi connectivity index (χ1n) is 4.93. The number of halogens is 1. The van der Waals surface area contributed by atoms with Crippen molar-refractivity contribution in [1.82, 2.24) is 0 Å². The Balaban J connectivity index is 2.85. The van der Waals surface area contributed by atoms with E-state index in [9.17, 15) is 9.18 Å². The third-order valence-electron chi connectivity index (χ3n) is 2.18. The first-order chi connectivity index (χ1) is 7.41. The average molecular weight is 226 g/mol. The molecule has 0 aliphatic rings. The summed E-state index contributed by atoms with van der Waals surface area (Å²) in [7, 11) is 0. The van der Waals surface area contributed by atoms with Gasteiger partial charge >= 0.3 is 0 Å². The summed E-state index contributed by atoms with van der Waals surface area (Å²) in [6.07, 6.45) is -0.791. The van der Waals surface area contributed by atoms with Crippen LogP contribution < -0.4 is 16.2 Å². The number of hydrogen-bond donors (Lipinski definition) is 2. The van der Waals surface area contributed by atoms with Crippen LogP contribution in [0.15, 0.2) is 18.2 Å². The second kappa shape index (κ2) is 4.94. The minimum atomic E-state index is -0.791. The van der Waals surface area contributed by atoms with Gasteiger partial charge in [0.2, 0.25) is 0 Å². The maximum absolute atomic E-state index is 13.5. The van der Waals surface area contributed by atoms with Crippen LogP contribution in [0.5, 0.6) is 5.75 Å². The molecule has 1 aromatic carbocycles. The zero-order chi connectivity index (χ0) is 12.3. The minimum Gasteiger partial charge on any atom is -0.481 e. The summed E-state index contributed by atoms with van der Waals surface area (Å²) >= 11 is 0. The van der Waals surface area contributed by atoms with Gasteiger partial charge in [0.25, 0.3) is 5.91 Å². The fourth-order valence-electron chi connectivity index (χ4n) is 1.21. The Bertz CT molecular complexity index is 394. The molecule has 0 spiro atoms. The topological polar surface area (TPSA) is 78.3 Å². The molecule has 0 radical (unpaired) electrons. The lowest BCUT2D eigenvalue weighted by molar-refractivity contribution is -0.123. The van der Waals surface area contributed by atoms with E-state index in [4.69, 9.17) is 16.2 Å². The van der Waals surface area contributed by atoms with Gasteiger partial charge in [-0.05, 0) is 19.9 Å². The summed E-state index contributed by atoms with van der Waals surface area (Å²) in [6.45, 7) is 3.19. The minimum absolute atomic E-state index is 0.258. The van der Waals surface area contributed by atoms with Crippen molar-refractivity contribution in [2.45, 2.75) is 26.0 Å². The number of benzene rings is 1. The highest BCUT2D eigenvalue weighted by Gasteiger charge is 2.12. The zero-order valence-corrected chi connectivity index (χ0v) is 9.24. The lowest BCUT2D eigenvalue weighted by atomic mass is 10.1. The van der Waals surface area contributed by atoms with Crippen molar-refractivity contribution in [2.24, 2.45) is 11.5 Å². The summed E-state index contributed by atoms with van der Waals surface area (Å²) < 4.78 is 18.6. The number of ether oxygens (including phenoxy) is 1. The Morgan fingerprint density at radius 3 is 2.50 bits per heavy atom. The Kier molecular flexibility index (Phi) is 3.84. The van der Waals surface area contributed by atoms with Crippen LogP contribution in [0.3, 0.4) is 0 Å². The predicted molar refractivity (Wildman–Crippen MR) is 58.3 cm³/mol. The molecule has 1 rings (SSSR count). The van der Waals surface area contributed by atoms with E-state index in [1.807, 2.05) is 0 Å². The van der Waals surface area contributed by atoms with Gasteiger partial charge in [-0.15, -0.1) is 0 Å². The fraction of sp³-hybridized carbons (Fsp3) is 0.364. The van der Waals surface area contributed by atoms with E-state index in [1.165, 1.54) is 19.1 Å². The third kappa shape index (κ3) is 2.93. The highest BCUT2D eigenvalue weighted by molar-refractivity contribution is 5.78. The van der Waals surface area contributed by atoms with Crippen molar-refractivity contribution in [3.8, 4) is 5.75 Å². The first-order valence-corrected chi connectivity index (χ1v) is 4.93. The van der Waals surface area contributed by atoms with Gasteiger partial charge in [0.1, 0.15) is 11.6 Å². The summed E-state index contributed by atoms with van der Waals surface area (Å²) in [6, 6.07) is 3.89. The Hall–Kier alpha value is -1.62. The molecule has 0 saturated carbocycles. The quantitative estimate of drug-likeness (QED) is 0.806. The van der Waals surface area contributed by atoms with E-state index in [0.717, 1.165) is 0 Å². The summed E-state index contributed by atoms with van der Waals surface area (Å²) in [4.78, 5) is 10.7. The number of nitrogens with two attached hydrogens (primary N) is 2. The van der Waals surface area contributed by atoms with Crippen LogP contribution in [0, 0.1) is 5.82 Å². The maximum Gasteiger partial charge on any atom is 0.258 e. The molecule has 0 aliphatic carbocycles. The van der Waals surface area contributed by atoms with Gasteiger partial charge in [-0.2, -0.15) is 0 Å². The molecule has 5 heteroatoms. The number of hydrogen-bond acceptors (Lipinski definition) is 3. The second-order valence-corrected chi connectivity index (χ2v) is 3.63. The van der Waals surface area contributed by atoms with Gasteiger partial charge in [0, 0.05) is 17.7 Å². The van der Waals surface area contributed by atoms with Crippen LogP contribution in [-0.2, 0) is 4.79 Å². The molecule has 2 unspecified atom stereocenters. The average Bonchev–Trinajstić information content (AvgIpc) is 2.16. The number of carbonyl (C=O) groups excluding carboxylic acids is 1. The molecule has 4 N–H and O–H groups in total. The molecule has 0 aliphatic heterocycles. The molecule has 0 aromatic heterocycles. The molecule has 1 amide bonds. The van der Waals surface area contributed by atoms with E-state index >= 15 is 0 Å². The Morgan fingerprint density at radius 2 is 2.06 bits per heavy atom. The van der Waals surface area contributed by atoms with Gasteiger partial charge in [0.15, 0.2) is 6.10 Å². The van der Waals surface area contributed by atoms with Crippen molar-refractivity contribution in [3.05, 3.63) is 29.6 Å². The van der Waals surface area contributed by atoms with E-state index in [2.05, 4.69) is 0 Å². The molecule has 88 valence electrons. The third-order valence-corrected chi connectivity index (χ3v) is 2.18. The number of rotatable bonds is 4. The summed E-state index contributed by atoms with van der Waals surface area (Å²) in [5.74, 6) is -0.797. The lowest BCUT2D eigenvalue weighted by Gasteiger charge is -2.13. The maximum atomic E-state index is 13.5. The predicted octanol–water partition coefficient (Wildman–Crippen LogP) is 1.10. The van der Waals surface area contributed by atoms with Crippen molar-refractivity contribution in [1.29, 1.82) is 0 Å². The number of carbonyl (C=O) groups is 1. The molecular formula is C11H15FN2O2. The molecular weight excluding hydrogens is 211 g/mol. The molecule has 2 atom stereocenters. The van der Waals surface area contributed by atoms with Crippen molar-refractivity contribution < 1.29 is 13.9 Å². The van der Waals surface area contributed by atoms with Gasteiger partial charge < -0.3 is 16.2 Å². The van der Waals surface area contributed by atoms with Crippen LogP contribution in [0.25, 0.3) is 0 Å². The summed E-state index contributed by atoms with van der Waals surface area (Å²) in [5, 5.41) is 0. The van der Waals surface area contributed by atoms with Crippen molar-refractivity contribution >= 4 is 5.91 Å². The molecule has 0 fully saturated rings. The molecule has 0 bridgehead atoms. The van der Waals surface area contributed by atoms with Crippen molar-refractivity contribution in [2.75, 3.05) is 0 Å². The van der Waals surface area contributed by atoms with E-state index in [1.54, 1.807) is 13.0 Å². The van der Waals surface area contributed by atoms with Gasteiger partial charge in [0.05, 0.1) is 0 Å². The van der Waals surface area contributed by atoms with Crippen LogP contribution in [-0.4, -0.2) is 12.0 Å². The lowest BCUT2D eigenvalue weighted by Crippen LogP contribution is -2.30. The molecule has 1 aromatic rings. The standard InChI is InChI=1S/C11H15FN2O2/c1-6(13)9-4-3-8(5-10(9)12)16-7(2)11(14)15/h3-7H,13H2,1-2H3,(H2,14,15). The highest BCUT2D eigenvalue weighted by Crippen LogP contribution is 2.21. The first kappa shape index (κ1) is 12.4. The van der Waals surface area contributed by atoms with Crippen LogP contribution in [0.1, 0.15) is 25.5 Å². The van der Waals surface area contributed by atoms with E-state index in [0.29, 0.717) is 5.56 Å². The summed E-state index contributed by atoms with van der Waals surface area (Å²) in [5.41, 5.74) is 11.0. The Morgan fingerprint density at radius 1 is 1.44 bits per heavy atom. The largest absolute Gasteiger partial charge is 0.481 e. The monoisotopic (exact) mass is 226 g/mol. The Labute approximate surface area is 93.4 Å². The second-order valence-electron chi connectivity index (χ2n) is 3.63. The number of primary amides is 1. The molecule has 0 heterocycles. The van der Waals surface area contributed by atoms with Gasteiger partial charge in [-0.1, -0.05) is 6.07 Å². The van der Waals surface area contributed by atoms with Crippen molar-refractivity contribution in [3.63, 3.8) is 0 Å². The normalized spacial score (nSPS) is 14.2. The fourth-order valence-corrected chi connectivity index (χ4v) is 1.21. The molecule has 4 nitrogen and oxygen atoms in total. The van der Waals surface area contributed by atoms with Crippen LogP contribution in [0.4, 0.5) is 4.39 Å². The smallest absolute Gasteiger partial charge is 0.258 e. The molecule has 16 heavy (non-hydrogen) atoms.